The second-order valence-corrected chi connectivity index (χ2v) is 16.4. The summed E-state index contributed by atoms with van der Waals surface area (Å²) >= 11 is 0. The first-order valence-corrected chi connectivity index (χ1v) is 20.5. The molecule has 59 heavy (non-hydrogen) atoms. The predicted octanol–water partition coefficient (Wildman–Crippen LogP) is 14.6. The zero-order chi connectivity index (χ0) is 39.2. The number of pyridine rings is 1. The summed E-state index contributed by atoms with van der Waals surface area (Å²) in [6, 6.07) is 72.9. The lowest BCUT2D eigenvalue weighted by atomic mass is 9.82. The lowest BCUT2D eigenvalue weighted by Gasteiger charge is -2.22. The molecule has 0 saturated heterocycles. The third-order valence-corrected chi connectivity index (χ3v) is 12.7. The summed E-state index contributed by atoms with van der Waals surface area (Å²) < 4.78 is 4.93. The van der Waals surface area contributed by atoms with Gasteiger partial charge in [0.15, 0.2) is 0 Å². The van der Waals surface area contributed by atoms with Crippen LogP contribution >= 0.6 is 0 Å². The Morgan fingerprint density at radius 3 is 1.49 bits per heavy atom. The van der Waals surface area contributed by atoms with E-state index in [0.29, 0.717) is 0 Å². The molecule has 11 aromatic rings. The molecule has 278 valence electrons. The fraction of sp³-hybridized carbons (Fsp3) is 0.0536. The summed E-state index contributed by atoms with van der Waals surface area (Å²) in [4.78, 5) is 5.16. The van der Waals surface area contributed by atoms with Gasteiger partial charge in [0.05, 0.1) is 33.5 Å². The molecule has 0 atom stereocenters. The molecular weight excluding hydrogens is 715 g/mol. The summed E-state index contributed by atoms with van der Waals surface area (Å²) in [6.45, 7) is 4.72. The van der Waals surface area contributed by atoms with Gasteiger partial charge in [0.25, 0.3) is 0 Å². The summed E-state index contributed by atoms with van der Waals surface area (Å²) in [5, 5.41) is 5.05. The van der Waals surface area contributed by atoms with Gasteiger partial charge < -0.3 is 9.13 Å². The van der Waals surface area contributed by atoms with E-state index in [9.17, 15) is 0 Å². The third kappa shape index (κ3) is 5.04. The summed E-state index contributed by atoms with van der Waals surface area (Å²) in [6.07, 6.45) is 0. The molecule has 12 rings (SSSR count). The maximum atomic E-state index is 5.16. The van der Waals surface area contributed by atoms with E-state index >= 15 is 0 Å². The van der Waals surface area contributed by atoms with Crippen LogP contribution in [0, 0.1) is 0 Å². The molecule has 1 aliphatic rings. The molecule has 1 aliphatic carbocycles. The van der Waals surface area contributed by atoms with Crippen LogP contribution in [0.4, 0.5) is 0 Å². The number of hydrogen-bond donors (Lipinski definition) is 0. The highest BCUT2D eigenvalue weighted by Crippen LogP contribution is 2.50. The van der Waals surface area contributed by atoms with Crippen LogP contribution in [0.5, 0.6) is 0 Å². The van der Waals surface area contributed by atoms with Crippen molar-refractivity contribution in [3.05, 3.63) is 211 Å². The van der Waals surface area contributed by atoms with E-state index in [0.717, 1.165) is 39.3 Å². The van der Waals surface area contributed by atoms with E-state index in [2.05, 4.69) is 223 Å². The summed E-state index contributed by atoms with van der Waals surface area (Å²) in [5.41, 5.74) is 18.9. The monoisotopic (exact) mass is 753 g/mol. The Kier molecular flexibility index (Phi) is 7.27. The average molecular weight is 754 g/mol. The van der Waals surface area contributed by atoms with Crippen LogP contribution in [0.2, 0.25) is 0 Å². The highest BCUT2D eigenvalue weighted by atomic mass is 15.0. The Hall–Kier alpha value is -7.49. The fourth-order valence-electron chi connectivity index (χ4n) is 9.94. The minimum atomic E-state index is -0.0849. The lowest BCUT2D eigenvalue weighted by molar-refractivity contribution is 0.660. The van der Waals surface area contributed by atoms with Crippen LogP contribution in [0.1, 0.15) is 25.0 Å². The van der Waals surface area contributed by atoms with E-state index in [1.807, 2.05) is 0 Å². The van der Waals surface area contributed by atoms with E-state index in [1.165, 1.54) is 71.6 Å². The van der Waals surface area contributed by atoms with E-state index < -0.39 is 0 Å². The standard InChI is InChI=1S/C56H39N3/c1-56(2)46-25-12-9-22-42(46)43-29-28-41(35-47(43)56)59-51-27-14-11-24-45(51)55-53(59)31-30-52-54(55)44-23-10-13-26-50(44)58(52)40-21-15-20-38(32-40)39-33-48(36-16-5-3-6-17-36)57-49(34-39)37-18-7-4-8-19-37/h3-35H,1-2H3. The van der Waals surface area contributed by atoms with E-state index in [1.54, 1.807) is 0 Å². The molecule has 8 aromatic carbocycles. The van der Waals surface area contributed by atoms with Crippen molar-refractivity contribution in [1.29, 1.82) is 0 Å². The van der Waals surface area contributed by atoms with Gasteiger partial charge in [-0.3, -0.25) is 0 Å². The second kappa shape index (κ2) is 12.8. The van der Waals surface area contributed by atoms with Gasteiger partial charge in [-0.15, -0.1) is 0 Å². The molecule has 0 bridgehead atoms. The Morgan fingerprint density at radius 2 is 0.864 bits per heavy atom. The minimum absolute atomic E-state index is 0.0849. The highest BCUT2D eigenvalue weighted by Gasteiger charge is 2.35. The average Bonchev–Trinajstić information content (AvgIpc) is 3.90. The molecule has 0 N–H and O–H groups in total. The highest BCUT2D eigenvalue weighted by molar-refractivity contribution is 6.29. The lowest BCUT2D eigenvalue weighted by Crippen LogP contribution is -2.15. The largest absolute Gasteiger partial charge is 0.309 e. The summed E-state index contributed by atoms with van der Waals surface area (Å²) in [5.74, 6) is 0. The minimum Gasteiger partial charge on any atom is -0.309 e. The zero-order valence-electron chi connectivity index (χ0n) is 32.9. The van der Waals surface area contributed by atoms with Crippen LogP contribution < -0.4 is 0 Å². The molecule has 0 aliphatic heterocycles. The Balaban J connectivity index is 1.07. The van der Waals surface area contributed by atoms with Crippen LogP contribution in [0.3, 0.4) is 0 Å². The van der Waals surface area contributed by atoms with Crippen molar-refractivity contribution in [1.82, 2.24) is 14.1 Å². The van der Waals surface area contributed by atoms with Crippen LogP contribution in [0.15, 0.2) is 200 Å². The number of fused-ring (bicyclic) bond motifs is 10. The molecule has 0 radical (unpaired) electrons. The predicted molar refractivity (Wildman–Crippen MR) is 247 cm³/mol. The van der Waals surface area contributed by atoms with Crippen LogP contribution in [-0.2, 0) is 5.41 Å². The Morgan fingerprint density at radius 1 is 0.356 bits per heavy atom. The first-order chi connectivity index (χ1) is 29.0. The van der Waals surface area contributed by atoms with Crippen molar-refractivity contribution in [2.75, 3.05) is 0 Å². The van der Waals surface area contributed by atoms with Gasteiger partial charge in [-0.1, -0.05) is 153 Å². The van der Waals surface area contributed by atoms with Crippen molar-refractivity contribution in [2.45, 2.75) is 19.3 Å². The maximum Gasteiger partial charge on any atom is 0.0715 e. The normalized spacial score (nSPS) is 13.1. The second-order valence-electron chi connectivity index (χ2n) is 16.4. The summed E-state index contributed by atoms with van der Waals surface area (Å²) in [7, 11) is 0. The fourth-order valence-corrected chi connectivity index (χ4v) is 9.94. The molecule has 3 heterocycles. The molecule has 0 saturated carbocycles. The van der Waals surface area contributed by atoms with Crippen LogP contribution in [0.25, 0.3) is 99.8 Å². The van der Waals surface area contributed by atoms with Crippen LogP contribution in [-0.4, -0.2) is 14.1 Å². The van der Waals surface area contributed by atoms with E-state index in [4.69, 9.17) is 4.98 Å². The first-order valence-electron chi connectivity index (χ1n) is 20.5. The molecule has 0 spiro atoms. The quantitative estimate of drug-likeness (QED) is 0.172. The molecule has 3 nitrogen and oxygen atoms in total. The molecular formula is C56H39N3. The van der Waals surface area contributed by atoms with Crippen molar-refractivity contribution in [3.63, 3.8) is 0 Å². The third-order valence-electron chi connectivity index (χ3n) is 12.7. The van der Waals surface area contributed by atoms with Crippen molar-refractivity contribution < 1.29 is 0 Å². The first kappa shape index (κ1) is 33.6. The molecule has 0 fully saturated rings. The smallest absolute Gasteiger partial charge is 0.0715 e. The van der Waals surface area contributed by atoms with Crippen molar-refractivity contribution in [2.24, 2.45) is 0 Å². The van der Waals surface area contributed by atoms with Gasteiger partial charge in [0.1, 0.15) is 0 Å². The van der Waals surface area contributed by atoms with Gasteiger partial charge >= 0.3 is 0 Å². The molecule has 3 aromatic heterocycles. The topological polar surface area (TPSA) is 22.8 Å². The number of rotatable bonds is 5. The van der Waals surface area contributed by atoms with Crippen molar-refractivity contribution in [3.8, 4) is 56.1 Å². The molecule has 0 unspecified atom stereocenters. The van der Waals surface area contributed by atoms with Gasteiger partial charge in [0, 0.05) is 49.5 Å². The Labute approximate surface area is 343 Å². The van der Waals surface area contributed by atoms with Gasteiger partial charge in [-0.25, -0.2) is 4.98 Å². The molecule has 3 heteroatoms. The van der Waals surface area contributed by atoms with Gasteiger partial charge in [-0.2, -0.15) is 0 Å². The zero-order valence-corrected chi connectivity index (χ0v) is 32.9. The molecule has 0 amide bonds. The Bertz CT molecular complexity index is 3400. The number of aromatic nitrogens is 3. The van der Waals surface area contributed by atoms with Gasteiger partial charge in [-0.05, 0) is 94.0 Å². The number of hydrogen-bond acceptors (Lipinski definition) is 1. The SMILES string of the molecule is CC1(C)c2ccccc2-c2ccc(-n3c4ccccc4c4c5c6ccccc6n(-c6cccc(-c7cc(-c8ccccc8)nc(-c8ccccc8)c7)c6)c5ccc43)cc21. The maximum absolute atomic E-state index is 5.16. The van der Waals surface area contributed by atoms with E-state index in [-0.39, 0.29) is 5.41 Å². The number of para-hydroxylation sites is 2. The number of benzene rings is 8. The number of nitrogens with zero attached hydrogens (tertiary/aromatic N) is 3. The van der Waals surface area contributed by atoms with Gasteiger partial charge in [0.2, 0.25) is 0 Å². The van der Waals surface area contributed by atoms with Crippen molar-refractivity contribution >= 4 is 43.6 Å².